The summed E-state index contributed by atoms with van der Waals surface area (Å²) in [5, 5.41) is 2.96. The fourth-order valence-electron chi connectivity index (χ4n) is 1.60. The predicted octanol–water partition coefficient (Wildman–Crippen LogP) is 2.69. The lowest BCUT2D eigenvalue weighted by atomic mass is 10.2. The van der Waals surface area contributed by atoms with Crippen molar-refractivity contribution >= 4 is 10.9 Å². The SMILES string of the molecule is CCNCc1cc2c(F)c(F)cc(F)c2[nH]1. The maximum absolute atomic E-state index is 13.3. The molecule has 0 aliphatic carbocycles. The van der Waals surface area contributed by atoms with Crippen LogP contribution in [0.1, 0.15) is 12.6 Å². The summed E-state index contributed by atoms with van der Waals surface area (Å²) in [6, 6.07) is 1.96. The van der Waals surface area contributed by atoms with Crippen molar-refractivity contribution in [2.24, 2.45) is 0 Å². The zero-order valence-corrected chi connectivity index (χ0v) is 8.70. The molecule has 0 radical (unpaired) electrons. The first-order valence-corrected chi connectivity index (χ1v) is 4.99. The zero-order valence-electron chi connectivity index (χ0n) is 8.70. The van der Waals surface area contributed by atoms with E-state index >= 15 is 0 Å². The number of nitrogens with one attached hydrogen (secondary N) is 2. The van der Waals surface area contributed by atoms with E-state index < -0.39 is 17.5 Å². The van der Waals surface area contributed by atoms with Crippen molar-refractivity contribution < 1.29 is 13.2 Å². The van der Waals surface area contributed by atoms with E-state index in [1.807, 2.05) is 6.92 Å². The van der Waals surface area contributed by atoms with Gasteiger partial charge in [-0.05, 0) is 12.6 Å². The van der Waals surface area contributed by atoms with Gasteiger partial charge in [-0.25, -0.2) is 13.2 Å². The van der Waals surface area contributed by atoms with Crippen LogP contribution in [0.2, 0.25) is 0 Å². The molecule has 0 aliphatic rings. The Morgan fingerprint density at radius 3 is 2.62 bits per heavy atom. The van der Waals surface area contributed by atoms with Gasteiger partial charge < -0.3 is 10.3 Å². The lowest BCUT2D eigenvalue weighted by Crippen LogP contribution is -2.11. The Hall–Kier alpha value is -1.49. The predicted molar refractivity (Wildman–Crippen MR) is 55.6 cm³/mol. The van der Waals surface area contributed by atoms with Crippen molar-refractivity contribution in [1.82, 2.24) is 10.3 Å². The third-order valence-corrected chi connectivity index (χ3v) is 2.38. The number of benzene rings is 1. The minimum absolute atomic E-state index is 0.00630. The molecule has 1 aromatic heterocycles. The number of H-pyrrole nitrogens is 1. The second-order valence-corrected chi connectivity index (χ2v) is 3.52. The molecule has 2 N–H and O–H groups in total. The Bertz CT molecular complexity index is 519. The molecule has 5 heteroatoms. The summed E-state index contributed by atoms with van der Waals surface area (Å²) < 4.78 is 39.6. The van der Waals surface area contributed by atoms with Gasteiger partial charge in [0.2, 0.25) is 0 Å². The molecule has 0 saturated carbocycles. The molecule has 0 unspecified atom stereocenters. The van der Waals surface area contributed by atoms with Gasteiger partial charge in [0.05, 0.1) is 5.52 Å². The molecule has 2 nitrogen and oxygen atoms in total. The van der Waals surface area contributed by atoms with Gasteiger partial charge in [-0.2, -0.15) is 0 Å². The molecule has 0 amide bonds. The van der Waals surface area contributed by atoms with Crippen LogP contribution in [0.15, 0.2) is 12.1 Å². The van der Waals surface area contributed by atoms with Gasteiger partial charge in [0.25, 0.3) is 0 Å². The van der Waals surface area contributed by atoms with Gasteiger partial charge >= 0.3 is 0 Å². The second-order valence-electron chi connectivity index (χ2n) is 3.52. The Morgan fingerprint density at radius 2 is 1.94 bits per heavy atom. The summed E-state index contributed by atoms with van der Waals surface area (Å²) in [7, 11) is 0. The maximum atomic E-state index is 13.3. The first-order chi connectivity index (χ1) is 7.63. The highest BCUT2D eigenvalue weighted by molar-refractivity contribution is 5.81. The Kier molecular flexibility index (Phi) is 2.87. The van der Waals surface area contributed by atoms with Crippen LogP contribution in [-0.4, -0.2) is 11.5 Å². The van der Waals surface area contributed by atoms with Gasteiger partial charge in [-0.1, -0.05) is 6.92 Å². The highest BCUT2D eigenvalue weighted by Crippen LogP contribution is 2.24. The first kappa shape index (κ1) is 11.0. The highest BCUT2D eigenvalue weighted by atomic mass is 19.2. The van der Waals surface area contributed by atoms with Crippen molar-refractivity contribution in [1.29, 1.82) is 0 Å². The van der Waals surface area contributed by atoms with E-state index in [0.29, 0.717) is 18.3 Å². The van der Waals surface area contributed by atoms with Gasteiger partial charge in [-0.3, -0.25) is 0 Å². The highest BCUT2D eigenvalue weighted by Gasteiger charge is 2.14. The van der Waals surface area contributed by atoms with E-state index in [9.17, 15) is 13.2 Å². The molecule has 0 atom stereocenters. The van der Waals surface area contributed by atoms with Crippen LogP contribution in [-0.2, 0) is 6.54 Å². The van der Waals surface area contributed by atoms with Crippen LogP contribution < -0.4 is 5.32 Å². The Labute approximate surface area is 90.5 Å². The van der Waals surface area contributed by atoms with Gasteiger partial charge in [-0.15, -0.1) is 0 Å². The fourth-order valence-corrected chi connectivity index (χ4v) is 1.60. The molecule has 2 rings (SSSR count). The Balaban J connectivity index is 2.52. The van der Waals surface area contributed by atoms with Crippen LogP contribution in [0.25, 0.3) is 10.9 Å². The average molecular weight is 228 g/mol. The van der Waals surface area contributed by atoms with E-state index in [0.717, 1.165) is 6.54 Å². The van der Waals surface area contributed by atoms with Gasteiger partial charge in [0, 0.05) is 23.7 Å². The summed E-state index contributed by atoms with van der Waals surface area (Å²) in [5.41, 5.74) is 0.632. The molecule has 1 heterocycles. The smallest absolute Gasteiger partial charge is 0.168 e. The van der Waals surface area contributed by atoms with Gasteiger partial charge in [0.15, 0.2) is 11.6 Å². The van der Waals surface area contributed by atoms with Crippen molar-refractivity contribution in [3.63, 3.8) is 0 Å². The lowest BCUT2D eigenvalue weighted by Gasteiger charge is -1.96. The van der Waals surface area contributed by atoms with E-state index in [1.165, 1.54) is 6.07 Å². The minimum Gasteiger partial charge on any atom is -0.355 e. The van der Waals surface area contributed by atoms with E-state index in [-0.39, 0.29) is 10.9 Å². The third-order valence-electron chi connectivity index (χ3n) is 2.38. The largest absolute Gasteiger partial charge is 0.355 e. The van der Waals surface area contributed by atoms with Crippen LogP contribution >= 0.6 is 0 Å². The lowest BCUT2D eigenvalue weighted by molar-refractivity contribution is 0.505. The topological polar surface area (TPSA) is 27.8 Å². The summed E-state index contributed by atoms with van der Waals surface area (Å²) in [6.45, 7) is 3.13. The number of aromatic nitrogens is 1. The van der Waals surface area contributed by atoms with Crippen LogP contribution in [0.4, 0.5) is 13.2 Å². The summed E-state index contributed by atoms with van der Waals surface area (Å²) in [6.07, 6.45) is 0. The van der Waals surface area contributed by atoms with E-state index in [4.69, 9.17) is 0 Å². The number of hydrogen-bond acceptors (Lipinski definition) is 1. The number of hydrogen-bond donors (Lipinski definition) is 2. The third kappa shape index (κ3) is 1.78. The molecule has 0 saturated heterocycles. The quantitative estimate of drug-likeness (QED) is 0.777. The second kappa shape index (κ2) is 4.17. The maximum Gasteiger partial charge on any atom is 0.168 e. The van der Waals surface area contributed by atoms with Crippen molar-refractivity contribution in [2.75, 3.05) is 6.54 Å². The minimum atomic E-state index is -1.17. The standard InChI is InChI=1S/C11H11F3N2/c1-2-15-5-6-3-7-10(14)8(12)4-9(13)11(7)16-6/h3-4,15-16H,2,5H2,1H3. The molecule has 1 aromatic carbocycles. The molecule has 2 aromatic rings. The van der Waals surface area contributed by atoms with Gasteiger partial charge in [0.1, 0.15) is 5.82 Å². The van der Waals surface area contributed by atoms with Crippen LogP contribution in [0, 0.1) is 17.5 Å². The molecule has 0 spiro atoms. The summed E-state index contributed by atoms with van der Waals surface area (Å²) >= 11 is 0. The first-order valence-electron chi connectivity index (χ1n) is 4.99. The normalized spacial score (nSPS) is 11.2. The van der Waals surface area contributed by atoms with Crippen molar-refractivity contribution in [3.8, 4) is 0 Å². The van der Waals surface area contributed by atoms with Crippen LogP contribution in [0.5, 0.6) is 0 Å². The number of rotatable bonds is 3. The molecule has 0 aliphatic heterocycles. The number of fused-ring (bicyclic) bond motifs is 1. The number of aromatic amines is 1. The summed E-state index contributed by atoms with van der Waals surface area (Å²) in [4.78, 5) is 2.72. The molecule has 0 bridgehead atoms. The summed E-state index contributed by atoms with van der Waals surface area (Å²) in [5.74, 6) is -2.97. The monoisotopic (exact) mass is 228 g/mol. The average Bonchev–Trinajstić information content (AvgIpc) is 2.68. The molecular formula is C11H11F3N2. The molecule has 0 fully saturated rings. The van der Waals surface area contributed by atoms with Crippen LogP contribution in [0.3, 0.4) is 0 Å². The molecule has 86 valence electrons. The van der Waals surface area contributed by atoms with E-state index in [1.54, 1.807) is 0 Å². The van der Waals surface area contributed by atoms with Crippen molar-refractivity contribution in [2.45, 2.75) is 13.5 Å². The Morgan fingerprint density at radius 1 is 1.19 bits per heavy atom. The fraction of sp³-hybridized carbons (Fsp3) is 0.273. The zero-order chi connectivity index (χ0) is 11.7. The number of halogens is 3. The van der Waals surface area contributed by atoms with Crippen molar-refractivity contribution in [3.05, 3.63) is 35.3 Å². The van der Waals surface area contributed by atoms with E-state index in [2.05, 4.69) is 10.3 Å². The molecular weight excluding hydrogens is 217 g/mol. The molecule has 16 heavy (non-hydrogen) atoms.